The van der Waals surface area contributed by atoms with Crippen LogP contribution in [0.15, 0.2) is 51.7 Å². The lowest BCUT2D eigenvalue weighted by molar-refractivity contribution is -0.150. The number of thioether (sulfide) groups is 2. The number of aromatic nitrogens is 6. The van der Waals surface area contributed by atoms with Crippen molar-refractivity contribution < 1.29 is 34.2 Å². The molecule has 22 heteroatoms. The number of carboxylic acid groups (broad SMARTS) is 1. The van der Waals surface area contributed by atoms with Gasteiger partial charge in [0.1, 0.15) is 34.6 Å². The van der Waals surface area contributed by atoms with E-state index in [0.717, 1.165) is 15.7 Å². The fourth-order valence-corrected chi connectivity index (χ4v) is 6.97. The zero-order chi connectivity index (χ0) is 34.0. The van der Waals surface area contributed by atoms with Crippen molar-refractivity contribution in [3.8, 4) is 5.75 Å². The maximum atomic E-state index is 13.6. The summed E-state index contributed by atoms with van der Waals surface area (Å²) >= 11 is 2.47. The highest BCUT2D eigenvalue weighted by atomic mass is 32.2. The van der Waals surface area contributed by atoms with Crippen molar-refractivity contribution in [1.29, 1.82) is 0 Å². The summed E-state index contributed by atoms with van der Waals surface area (Å²) in [6.07, 6.45) is 0.981. The summed E-state index contributed by atoms with van der Waals surface area (Å²) in [5.41, 5.74) is 4.51. The highest BCUT2D eigenvalue weighted by Crippen LogP contribution is 2.41. The van der Waals surface area contributed by atoms with Gasteiger partial charge in [-0.25, -0.2) is 24.0 Å². The zero-order valence-electron chi connectivity index (χ0n) is 24.4. The predicted molar refractivity (Wildman–Crippen MR) is 165 cm³/mol. The Morgan fingerprint density at radius 3 is 2.51 bits per heavy atom. The van der Waals surface area contributed by atoms with E-state index in [2.05, 4.69) is 41.8 Å². The fraction of sp³-hybridized carbons (Fsp3) is 0.280. The third-order valence-corrected chi connectivity index (χ3v) is 9.36. The van der Waals surface area contributed by atoms with Gasteiger partial charge in [-0.05, 0) is 33.7 Å². The van der Waals surface area contributed by atoms with Crippen LogP contribution in [0, 0.1) is 0 Å². The molecule has 47 heavy (non-hydrogen) atoms. The average molecular weight is 687 g/mol. The highest BCUT2D eigenvalue weighted by molar-refractivity contribution is 8.01. The first-order valence-corrected chi connectivity index (χ1v) is 15.4. The van der Waals surface area contributed by atoms with Crippen molar-refractivity contribution in [2.45, 2.75) is 22.6 Å². The number of tetrazole rings is 1. The number of hydrogen-bond acceptors (Lipinski definition) is 13. The molecule has 4 heterocycles. The second-order valence-corrected chi connectivity index (χ2v) is 12.0. The Balaban J connectivity index is 1.31. The molecule has 1 aromatic carbocycles. The molecule has 3 aromatic rings. The van der Waals surface area contributed by atoms with Crippen LogP contribution in [-0.4, -0.2) is 97.6 Å². The number of amides is 6. The molecule has 5 rings (SSSR count). The molecule has 0 saturated carbocycles. The van der Waals surface area contributed by atoms with Gasteiger partial charge >= 0.3 is 18.0 Å². The number of benzene rings is 1. The maximum Gasteiger partial charge on any atom is 0.352 e. The van der Waals surface area contributed by atoms with E-state index in [4.69, 9.17) is 5.73 Å². The molecule has 20 nitrogen and oxygen atoms in total. The number of aromatic hydroxyl groups is 1. The van der Waals surface area contributed by atoms with E-state index in [-0.39, 0.29) is 40.2 Å². The number of β-lactam (4-membered cyclic amide) rings is 1. The summed E-state index contributed by atoms with van der Waals surface area (Å²) in [7, 11) is 2.92. The average Bonchev–Trinajstić information content (AvgIpc) is 3.45. The number of phenolic OH excluding ortho intramolecular Hbond substituents is 1. The van der Waals surface area contributed by atoms with E-state index in [1.807, 2.05) is 0 Å². The number of aryl methyl sites for hydroxylation is 1. The van der Waals surface area contributed by atoms with Gasteiger partial charge in [0, 0.05) is 25.6 Å². The van der Waals surface area contributed by atoms with Crippen LogP contribution in [0.3, 0.4) is 0 Å². The van der Waals surface area contributed by atoms with E-state index >= 15 is 0 Å². The highest BCUT2D eigenvalue weighted by Gasteiger charge is 2.54. The number of primary amides is 1. The van der Waals surface area contributed by atoms with Gasteiger partial charge in [-0.15, -0.1) is 16.9 Å². The second kappa shape index (κ2) is 13.4. The van der Waals surface area contributed by atoms with Crippen molar-refractivity contribution >= 4 is 65.0 Å². The topological polar surface area (TPSA) is 282 Å². The van der Waals surface area contributed by atoms with Crippen LogP contribution in [-0.2, 0) is 28.5 Å². The minimum atomic E-state index is -1.43. The van der Waals surface area contributed by atoms with Gasteiger partial charge in [0.05, 0.1) is 6.20 Å². The number of phenols is 1. The molecule has 8 N–H and O–H groups in total. The molecule has 1 saturated heterocycles. The second-order valence-electron chi connectivity index (χ2n) is 10.00. The quantitative estimate of drug-likeness (QED) is 0.0984. The first-order chi connectivity index (χ1) is 22.3. The van der Waals surface area contributed by atoms with Gasteiger partial charge < -0.3 is 31.9 Å². The first-order valence-electron chi connectivity index (χ1n) is 13.4. The van der Waals surface area contributed by atoms with Crippen molar-refractivity contribution in [1.82, 2.24) is 45.3 Å². The van der Waals surface area contributed by atoms with Crippen LogP contribution in [0.1, 0.15) is 11.6 Å². The van der Waals surface area contributed by atoms with Crippen LogP contribution in [0.25, 0.3) is 0 Å². The molecule has 2 unspecified atom stereocenters. The third kappa shape index (κ3) is 6.81. The first kappa shape index (κ1) is 32.7. The van der Waals surface area contributed by atoms with Gasteiger partial charge in [-0.1, -0.05) is 23.9 Å². The fourth-order valence-electron chi connectivity index (χ4n) is 4.64. The number of aliphatic carboxylic acids is 1. The number of carbonyl (C=O) groups is 5. The number of nitrogens with two attached hydrogens (primary N) is 1. The van der Waals surface area contributed by atoms with Crippen molar-refractivity contribution in [3.05, 3.63) is 57.6 Å². The molecule has 6 amide bonds. The van der Waals surface area contributed by atoms with E-state index in [9.17, 15) is 39.0 Å². The zero-order valence-corrected chi connectivity index (χ0v) is 26.0. The van der Waals surface area contributed by atoms with Crippen LogP contribution in [0.4, 0.5) is 21.2 Å². The molecule has 0 aliphatic carbocycles. The number of hydrogen-bond donors (Lipinski definition) is 7. The van der Waals surface area contributed by atoms with Crippen LogP contribution < -0.4 is 32.6 Å². The van der Waals surface area contributed by atoms with Gasteiger partial charge in [0.15, 0.2) is 0 Å². The van der Waals surface area contributed by atoms with Gasteiger partial charge in [-0.2, -0.15) is 0 Å². The molecule has 2 aliphatic rings. The Labute approximate surface area is 272 Å². The molecule has 0 radical (unpaired) electrons. The van der Waals surface area contributed by atoms with Crippen LogP contribution >= 0.6 is 23.5 Å². The SMILES string of the molecule is Cn1nnnc1SCC1=C(C(=O)O)N2C(=O)C(NC(=O)C(NC(=O)Nc3cnc(NC(N)=O)n(C)c3=O)c3ccc(O)cc3)[C@@H]2SC1. The number of nitrogens with one attached hydrogen (secondary N) is 4. The minimum absolute atomic E-state index is 0.114. The third-order valence-electron chi connectivity index (χ3n) is 6.92. The van der Waals surface area contributed by atoms with Crippen molar-refractivity contribution in [2.75, 3.05) is 22.1 Å². The lowest BCUT2D eigenvalue weighted by atomic mass is 10.0. The Bertz CT molecular complexity index is 1860. The largest absolute Gasteiger partial charge is 0.508 e. The molecule has 2 aliphatic heterocycles. The van der Waals surface area contributed by atoms with E-state index in [1.54, 1.807) is 7.05 Å². The van der Waals surface area contributed by atoms with Gasteiger partial charge in [-0.3, -0.25) is 29.2 Å². The number of nitrogens with zero attached hydrogens (tertiary/aromatic N) is 7. The Hall–Kier alpha value is -5.64. The van der Waals surface area contributed by atoms with Crippen LogP contribution in [0.5, 0.6) is 5.75 Å². The maximum absolute atomic E-state index is 13.6. The van der Waals surface area contributed by atoms with E-state index in [0.29, 0.717) is 10.7 Å². The summed E-state index contributed by atoms with van der Waals surface area (Å²) in [5.74, 6) is -2.63. The Morgan fingerprint density at radius 2 is 1.87 bits per heavy atom. The van der Waals surface area contributed by atoms with E-state index in [1.165, 1.54) is 59.5 Å². The molecule has 0 bridgehead atoms. The number of rotatable bonds is 10. The molecular formula is C25H26N12O8S2. The van der Waals surface area contributed by atoms with Crippen LogP contribution in [0.2, 0.25) is 0 Å². The molecule has 3 atom stereocenters. The number of urea groups is 2. The van der Waals surface area contributed by atoms with E-state index < -0.39 is 52.9 Å². The predicted octanol–water partition coefficient (Wildman–Crippen LogP) is -1.11. The number of fused-ring (bicyclic) bond motifs is 1. The monoisotopic (exact) mass is 686 g/mol. The summed E-state index contributed by atoms with van der Waals surface area (Å²) in [4.78, 5) is 80.9. The van der Waals surface area contributed by atoms with Crippen molar-refractivity contribution in [2.24, 2.45) is 19.8 Å². The smallest absolute Gasteiger partial charge is 0.352 e. The Morgan fingerprint density at radius 1 is 1.15 bits per heavy atom. The number of carbonyl (C=O) groups excluding carboxylic acids is 4. The molecule has 246 valence electrons. The summed E-state index contributed by atoms with van der Waals surface area (Å²) in [5, 5.41) is 40.1. The van der Waals surface area contributed by atoms with Gasteiger partial charge in [0.2, 0.25) is 17.0 Å². The molecular weight excluding hydrogens is 660 g/mol. The summed E-state index contributed by atoms with van der Waals surface area (Å²) in [6, 6.07) is 0.802. The standard InChI is InChI=1S/C25H26N12O8S2/c1-35-18(40)13(7-27-23(35)31-22(26)44)28-24(45)30-14(10-3-5-12(38)6-4-10)17(39)29-15-19(41)37-16(21(42)43)11(8-46-20(15)37)9-47-25-32-33-34-36(25)2/h3-7,14-15,20,38H,8-9H2,1-2H3,(H,29,39)(H,42,43)(H2,28,30,45)(H3,26,27,31,44)/t14?,15?,20-/m0/s1. The number of carboxylic acids is 1. The summed E-state index contributed by atoms with van der Waals surface area (Å²) in [6.45, 7) is 0. The molecule has 1 fully saturated rings. The molecule has 2 aromatic heterocycles. The lowest BCUT2D eigenvalue weighted by Crippen LogP contribution is -2.71. The normalized spacial score (nSPS) is 17.7. The van der Waals surface area contributed by atoms with Gasteiger partial charge in [0.25, 0.3) is 11.5 Å². The van der Waals surface area contributed by atoms with Crippen molar-refractivity contribution in [3.63, 3.8) is 0 Å². The minimum Gasteiger partial charge on any atom is -0.508 e. The number of anilines is 2. The lowest BCUT2D eigenvalue weighted by Gasteiger charge is -2.49. The Kier molecular flexibility index (Phi) is 9.32. The summed E-state index contributed by atoms with van der Waals surface area (Å²) < 4.78 is 2.36. The molecule has 0 spiro atoms.